The quantitative estimate of drug-likeness (QED) is 0.145. The number of rotatable bonds is 10. The van der Waals surface area contributed by atoms with Gasteiger partial charge in [0, 0.05) is 25.2 Å². The molecule has 15 heteroatoms. The number of hydrogen-bond acceptors (Lipinski definition) is 14. The number of carbonyl (C=O) groups is 5. The lowest BCUT2D eigenvalue weighted by Gasteiger charge is -2.67. The summed E-state index contributed by atoms with van der Waals surface area (Å²) in [5.41, 5.74) is -7.74. The van der Waals surface area contributed by atoms with E-state index in [1.54, 1.807) is 104 Å². The maximum atomic E-state index is 15.1. The monoisotopic (exact) mass is 849 g/mol. The highest BCUT2D eigenvalue weighted by molar-refractivity contribution is 5.94. The van der Waals surface area contributed by atoms with E-state index in [2.05, 4.69) is 5.32 Å². The Morgan fingerprint density at radius 2 is 1.54 bits per heavy atom. The minimum atomic E-state index is -2.32. The molecule has 61 heavy (non-hydrogen) atoms. The fourth-order valence-electron chi connectivity index (χ4n) is 9.97. The largest absolute Gasteiger partial charge is 0.456 e. The topological polar surface area (TPSA) is 213 Å². The van der Waals surface area contributed by atoms with Crippen LogP contribution in [0.15, 0.2) is 71.8 Å². The molecule has 2 saturated carbocycles. The van der Waals surface area contributed by atoms with E-state index >= 15 is 4.79 Å². The van der Waals surface area contributed by atoms with E-state index in [1.165, 1.54) is 26.0 Å². The normalized spacial score (nSPS) is 32.7. The third kappa shape index (κ3) is 8.11. The predicted molar refractivity (Wildman–Crippen MR) is 218 cm³/mol. The molecule has 2 aromatic carbocycles. The van der Waals surface area contributed by atoms with Crippen molar-refractivity contribution >= 4 is 29.8 Å². The number of ketones is 1. The van der Waals surface area contributed by atoms with E-state index in [4.69, 9.17) is 28.4 Å². The summed E-state index contributed by atoms with van der Waals surface area (Å²) in [6, 6.07) is 15.4. The number of nitrogens with one attached hydrogen (secondary N) is 1. The van der Waals surface area contributed by atoms with Crippen molar-refractivity contribution in [1.29, 1.82) is 0 Å². The zero-order valence-corrected chi connectivity index (χ0v) is 36.4. The van der Waals surface area contributed by atoms with Gasteiger partial charge in [-0.15, -0.1) is 0 Å². The fraction of sp³-hybridized carbons (Fsp3) is 0.587. The van der Waals surface area contributed by atoms with Crippen molar-refractivity contribution in [3.05, 3.63) is 82.9 Å². The van der Waals surface area contributed by atoms with Crippen LogP contribution in [0.4, 0.5) is 4.79 Å². The zero-order valence-electron chi connectivity index (χ0n) is 36.4. The van der Waals surface area contributed by atoms with Gasteiger partial charge in [0.05, 0.1) is 41.8 Å². The number of hydrogen-bond donors (Lipinski definition) is 4. The van der Waals surface area contributed by atoms with Gasteiger partial charge in [0.25, 0.3) is 0 Å². The Morgan fingerprint density at radius 1 is 0.934 bits per heavy atom. The molecular weight excluding hydrogens is 790 g/mol. The molecule has 15 nitrogen and oxygen atoms in total. The molecule has 3 fully saturated rings. The van der Waals surface area contributed by atoms with Crippen molar-refractivity contribution in [3.8, 4) is 0 Å². The van der Waals surface area contributed by atoms with Gasteiger partial charge in [0.15, 0.2) is 17.5 Å². The van der Waals surface area contributed by atoms with Gasteiger partial charge in [0.2, 0.25) is 0 Å². The zero-order chi connectivity index (χ0) is 45.0. The SMILES string of the molecule is CC(=O)O[C@@]12CO[C@@H]1C[C@H](O)[C@@]1(C)C(=O)[C@H](O)C3=C(C)[C@@H](OC(=O)[C@H](OC(C)C)[C@@H](NC(=O)OC(C)(C)C)c4ccccc4)CC(O)(C(OC(=O)c4ccccc4)[C@H]21)C3(C)C. The molecule has 4 aliphatic rings. The van der Waals surface area contributed by atoms with Crippen molar-refractivity contribution in [2.24, 2.45) is 16.7 Å². The summed E-state index contributed by atoms with van der Waals surface area (Å²) < 4.78 is 36.4. The Labute approximate surface area is 356 Å². The smallest absolute Gasteiger partial charge is 0.408 e. The van der Waals surface area contributed by atoms with Crippen molar-refractivity contribution < 1.29 is 67.7 Å². The minimum Gasteiger partial charge on any atom is -0.456 e. The van der Waals surface area contributed by atoms with Gasteiger partial charge in [-0.2, -0.15) is 0 Å². The Bertz CT molecular complexity index is 2040. The first-order valence-electron chi connectivity index (χ1n) is 20.7. The van der Waals surface area contributed by atoms with E-state index < -0.39 is 119 Å². The van der Waals surface area contributed by atoms with Gasteiger partial charge < -0.3 is 49.1 Å². The number of amides is 1. The third-order valence-corrected chi connectivity index (χ3v) is 13.0. The number of ether oxygens (including phenoxy) is 6. The van der Waals surface area contributed by atoms with E-state index in [0.717, 1.165) is 0 Å². The van der Waals surface area contributed by atoms with Crippen LogP contribution in [0.3, 0.4) is 0 Å². The summed E-state index contributed by atoms with van der Waals surface area (Å²) in [5.74, 6) is -5.00. The van der Waals surface area contributed by atoms with Crippen LogP contribution in [-0.2, 0) is 42.8 Å². The van der Waals surface area contributed by atoms with Gasteiger partial charge in [-0.3, -0.25) is 9.59 Å². The standard InChI is InChI=1S/C46H59NO14/c1-24(2)57-35(33(27-17-13-11-14-18-27)47-41(54)61-42(5,6)7)40(53)58-29-22-46(55)38(59-39(52)28-19-15-12-16-20-28)36-44(10,37(51)34(50)32(25(29)3)43(46,8)9)30(49)21-31-45(36,23-56-31)60-26(4)48/h11-20,24,29-31,33-36,38,49-50,55H,21-23H2,1-10H3,(H,47,54)/t29-,30-,31+,33-,34+,35+,36-,38?,44+,45-,46?/m0/s1. The number of aliphatic hydroxyl groups is 3. The van der Waals surface area contributed by atoms with Crippen LogP contribution < -0.4 is 5.32 Å². The lowest BCUT2D eigenvalue weighted by molar-refractivity contribution is -0.346. The van der Waals surface area contributed by atoms with Crippen molar-refractivity contribution in [2.75, 3.05) is 6.61 Å². The van der Waals surface area contributed by atoms with Crippen molar-refractivity contribution in [1.82, 2.24) is 5.32 Å². The highest BCUT2D eigenvalue weighted by Gasteiger charge is 2.78. The second-order valence-electron chi connectivity index (χ2n) is 18.7. The lowest BCUT2D eigenvalue weighted by Crippen LogP contribution is -2.81. The highest BCUT2D eigenvalue weighted by atomic mass is 16.6. The molecule has 1 amide bonds. The Kier molecular flexibility index (Phi) is 12.4. The minimum absolute atomic E-state index is 0.0157. The Morgan fingerprint density at radius 3 is 2.08 bits per heavy atom. The first-order valence-corrected chi connectivity index (χ1v) is 20.7. The Hall–Kier alpha value is -4.67. The molecule has 4 N–H and O–H groups in total. The van der Waals surface area contributed by atoms with E-state index in [0.29, 0.717) is 5.56 Å². The van der Waals surface area contributed by atoms with Crippen LogP contribution in [0, 0.1) is 16.7 Å². The molecule has 2 bridgehead atoms. The van der Waals surface area contributed by atoms with Crippen LogP contribution in [0.1, 0.15) is 104 Å². The molecule has 3 aliphatic carbocycles. The fourth-order valence-corrected chi connectivity index (χ4v) is 9.97. The number of alkyl carbamates (subject to hydrolysis) is 1. The maximum absolute atomic E-state index is 15.1. The van der Waals surface area contributed by atoms with Crippen LogP contribution >= 0.6 is 0 Å². The molecular formula is C46H59NO14. The first kappa shape index (κ1) is 45.8. The molecule has 6 rings (SSSR count). The molecule has 1 heterocycles. The lowest BCUT2D eigenvalue weighted by atomic mass is 9.44. The maximum Gasteiger partial charge on any atom is 0.408 e. The molecule has 1 aliphatic heterocycles. The van der Waals surface area contributed by atoms with Crippen LogP contribution in [0.25, 0.3) is 0 Å². The van der Waals surface area contributed by atoms with E-state index in [1.807, 2.05) is 0 Å². The van der Waals surface area contributed by atoms with E-state index in [-0.39, 0.29) is 29.7 Å². The molecule has 0 aromatic heterocycles. The number of Topliss-reactive ketones (excluding diaryl/α,β-unsaturated/α-hetero) is 1. The highest BCUT2D eigenvalue weighted by Crippen LogP contribution is 2.64. The summed E-state index contributed by atoms with van der Waals surface area (Å²) in [4.78, 5) is 70.3. The number of benzene rings is 2. The van der Waals surface area contributed by atoms with Crippen LogP contribution in [-0.4, -0.2) is 111 Å². The summed E-state index contributed by atoms with van der Waals surface area (Å²) in [5, 5.41) is 40.6. The number of aliphatic hydroxyl groups excluding tert-OH is 2. The van der Waals surface area contributed by atoms with Crippen molar-refractivity contribution in [3.63, 3.8) is 0 Å². The number of carbonyl (C=O) groups excluding carboxylic acids is 5. The van der Waals surface area contributed by atoms with Gasteiger partial charge in [-0.1, -0.05) is 62.4 Å². The molecule has 2 unspecified atom stereocenters. The van der Waals surface area contributed by atoms with Gasteiger partial charge >= 0.3 is 24.0 Å². The third-order valence-electron chi connectivity index (χ3n) is 13.0. The summed E-state index contributed by atoms with van der Waals surface area (Å²) in [7, 11) is 0. The van der Waals surface area contributed by atoms with E-state index in [9.17, 15) is 34.5 Å². The average molecular weight is 850 g/mol. The molecule has 332 valence electrons. The number of esters is 3. The first-order chi connectivity index (χ1) is 28.4. The van der Waals surface area contributed by atoms with Gasteiger partial charge in [-0.25, -0.2) is 14.4 Å². The Balaban J connectivity index is 1.52. The molecule has 1 saturated heterocycles. The average Bonchev–Trinajstić information content (AvgIpc) is 3.17. The molecule has 11 atom stereocenters. The van der Waals surface area contributed by atoms with Crippen LogP contribution in [0.2, 0.25) is 0 Å². The molecule has 2 aromatic rings. The summed E-state index contributed by atoms with van der Waals surface area (Å²) in [6.45, 7) is 15.5. The molecule has 0 spiro atoms. The summed E-state index contributed by atoms with van der Waals surface area (Å²) in [6.07, 6.45) is -11.2. The van der Waals surface area contributed by atoms with Crippen LogP contribution in [0.5, 0.6) is 0 Å². The van der Waals surface area contributed by atoms with Gasteiger partial charge in [0.1, 0.15) is 35.6 Å². The van der Waals surface area contributed by atoms with Gasteiger partial charge in [-0.05, 0) is 77.3 Å². The second kappa shape index (κ2) is 16.6. The predicted octanol–water partition coefficient (Wildman–Crippen LogP) is 4.69. The molecule has 0 radical (unpaired) electrons. The summed E-state index contributed by atoms with van der Waals surface area (Å²) >= 11 is 0. The van der Waals surface area contributed by atoms with Crippen molar-refractivity contribution in [2.45, 2.75) is 148 Å². The second-order valence-corrected chi connectivity index (χ2v) is 18.7. The number of fused-ring (bicyclic) bond motifs is 5.